The molecule has 2 N–H and O–H groups in total. The fourth-order valence-corrected chi connectivity index (χ4v) is 3.41. The molecule has 28 heavy (non-hydrogen) atoms. The molecule has 0 bridgehead atoms. The number of nitrogens with zero attached hydrogens (tertiary/aromatic N) is 1. The largest absolute Gasteiger partial charge is 0.496 e. The number of nitrogens with one attached hydrogen (secondary N) is 2. The average molecular weight is 383 g/mol. The summed E-state index contributed by atoms with van der Waals surface area (Å²) >= 11 is 0. The van der Waals surface area contributed by atoms with E-state index in [-0.39, 0.29) is 5.41 Å². The molecule has 0 unspecified atom stereocenters. The van der Waals surface area contributed by atoms with Crippen molar-refractivity contribution in [1.82, 2.24) is 10.6 Å². The summed E-state index contributed by atoms with van der Waals surface area (Å²) in [6.45, 7) is 1.38. The number of methoxy groups -OCH3 is 3. The van der Waals surface area contributed by atoms with Crippen molar-refractivity contribution in [1.29, 1.82) is 0 Å². The summed E-state index contributed by atoms with van der Waals surface area (Å²) in [6, 6.07) is 14.4. The van der Waals surface area contributed by atoms with Crippen molar-refractivity contribution in [3.8, 4) is 17.2 Å². The van der Waals surface area contributed by atoms with Gasteiger partial charge < -0.3 is 24.8 Å². The van der Waals surface area contributed by atoms with Gasteiger partial charge in [0, 0.05) is 31.1 Å². The lowest BCUT2D eigenvalue weighted by molar-refractivity contribution is 0.368. The minimum atomic E-state index is 0.217. The van der Waals surface area contributed by atoms with E-state index in [1.54, 1.807) is 28.4 Å². The summed E-state index contributed by atoms with van der Waals surface area (Å²) in [7, 11) is 6.68. The summed E-state index contributed by atoms with van der Waals surface area (Å²) in [5.74, 6) is 2.87. The molecule has 1 aliphatic carbocycles. The van der Waals surface area contributed by atoms with Crippen molar-refractivity contribution >= 4 is 5.96 Å². The summed E-state index contributed by atoms with van der Waals surface area (Å²) in [5, 5.41) is 6.83. The quantitative estimate of drug-likeness (QED) is 0.542. The lowest BCUT2D eigenvalue weighted by Crippen LogP contribution is -2.41. The highest BCUT2D eigenvalue weighted by molar-refractivity contribution is 5.80. The van der Waals surface area contributed by atoms with E-state index in [1.165, 1.54) is 18.4 Å². The third-order valence-electron chi connectivity index (χ3n) is 5.31. The first-order valence-corrected chi connectivity index (χ1v) is 9.44. The van der Waals surface area contributed by atoms with Crippen LogP contribution in [0.4, 0.5) is 0 Å². The van der Waals surface area contributed by atoms with E-state index in [1.807, 2.05) is 12.1 Å². The van der Waals surface area contributed by atoms with Gasteiger partial charge in [0.15, 0.2) is 5.96 Å². The van der Waals surface area contributed by atoms with E-state index >= 15 is 0 Å². The number of ether oxygens (including phenoxy) is 3. The Kier molecular flexibility index (Phi) is 6.29. The SMILES string of the molecule is CN=C(NCc1c(OC)cc(OC)cc1OC)NCC1(c2ccccc2)CC1. The van der Waals surface area contributed by atoms with Crippen molar-refractivity contribution in [2.24, 2.45) is 4.99 Å². The Morgan fingerprint density at radius 1 is 0.964 bits per heavy atom. The number of aliphatic imine (C=N–C) groups is 1. The summed E-state index contributed by atoms with van der Waals surface area (Å²) in [5.41, 5.74) is 2.52. The van der Waals surface area contributed by atoms with Crippen LogP contribution in [0.1, 0.15) is 24.0 Å². The molecular formula is C22H29N3O3. The zero-order valence-electron chi connectivity index (χ0n) is 17.0. The molecule has 1 fully saturated rings. The van der Waals surface area contributed by atoms with E-state index in [9.17, 15) is 0 Å². The molecule has 0 radical (unpaired) electrons. The highest BCUT2D eigenvalue weighted by atomic mass is 16.5. The van der Waals surface area contributed by atoms with Gasteiger partial charge in [0.2, 0.25) is 0 Å². The van der Waals surface area contributed by atoms with Gasteiger partial charge >= 0.3 is 0 Å². The van der Waals surface area contributed by atoms with E-state index in [4.69, 9.17) is 14.2 Å². The van der Waals surface area contributed by atoms with E-state index in [0.717, 1.165) is 18.1 Å². The fourth-order valence-electron chi connectivity index (χ4n) is 3.41. The van der Waals surface area contributed by atoms with Gasteiger partial charge in [-0.3, -0.25) is 4.99 Å². The molecule has 0 atom stereocenters. The standard InChI is InChI=1S/C22H29N3O3/c1-23-21(25-15-22(10-11-22)16-8-6-5-7-9-16)24-14-18-19(27-3)12-17(26-2)13-20(18)28-4/h5-9,12-13H,10-11,14-15H2,1-4H3,(H2,23,24,25). The molecule has 0 aromatic heterocycles. The van der Waals surface area contributed by atoms with E-state index in [2.05, 4.69) is 46.0 Å². The van der Waals surface area contributed by atoms with Gasteiger partial charge in [-0.1, -0.05) is 30.3 Å². The minimum absolute atomic E-state index is 0.217. The van der Waals surface area contributed by atoms with Crippen LogP contribution in [0.5, 0.6) is 17.2 Å². The molecule has 0 saturated heterocycles. The first-order valence-electron chi connectivity index (χ1n) is 9.44. The number of rotatable bonds is 8. The van der Waals surface area contributed by atoms with Crippen LogP contribution >= 0.6 is 0 Å². The van der Waals surface area contributed by atoms with Gasteiger partial charge in [0.1, 0.15) is 17.2 Å². The van der Waals surface area contributed by atoms with Crippen LogP contribution in [-0.4, -0.2) is 40.9 Å². The molecular weight excluding hydrogens is 354 g/mol. The maximum atomic E-state index is 5.52. The molecule has 2 aromatic rings. The van der Waals surface area contributed by atoms with Gasteiger partial charge in [-0.15, -0.1) is 0 Å². The molecule has 6 heteroatoms. The summed E-state index contributed by atoms with van der Waals surface area (Å²) < 4.78 is 16.3. The molecule has 3 rings (SSSR count). The first-order chi connectivity index (χ1) is 13.7. The topological polar surface area (TPSA) is 64.1 Å². The van der Waals surface area contributed by atoms with Crippen molar-refractivity contribution in [2.75, 3.05) is 34.9 Å². The molecule has 0 amide bonds. The van der Waals surface area contributed by atoms with Crippen LogP contribution in [-0.2, 0) is 12.0 Å². The maximum absolute atomic E-state index is 5.52. The molecule has 0 heterocycles. The predicted octanol–water partition coefficient (Wildman–Crippen LogP) is 3.11. The lowest BCUT2D eigenvalue weighted by Gasteiger charge is -2.20. The number of hydrogen-bond donors (Lipinski definition) is 2. The molecule has 0 spiro atoms. The minimum Gasteiger partial charge on any atom is -0.496 e. The molecule has 1 saturated carbocycles. The normalized spacial score (nSPS) is 14.9. The zero-order chi connectivity index (χ0) is 20.0. The van der Waals surface area contributed by atoms with Crippen molar-refractivity contribution in [2.45, 2.75) is 24.8 Å². The smallest absolute Gasteiger partial charge is 0.191 e. The molecule has 150 valence electrons. The van der Waals surface area contributed by atoms with Crippen molar-refractivity contribution in [3.63, 3.8) is 0 Å². The fraction of sp³-hybridized carbons (Fsp3) is 0.409. The van der Waals surface area contributed by atoms with Crippen LogP contribution in [0.2, 0.25) is 0 Å². The summed E-state index contributed by atoms with van der Waals surface area (Å²) in [4.78, 5) is 4.36. The third kappa shape index (κ3) is 4.32. The number of guanidine groups is 1. The molecule has 6 nitrogen and oxygen atoms in total. The molecule has 2 aromatic carbocycles. The lowest BCUT2D eigenvalue weighted by atomic mass is 9.96. The number of benzene rings is 2. The Hall–Kier alpha value is -2.89. The Morgan fingerprint density at radius 2 is 1.61 bits per heavy atom. The van der Waals surface area contributed by atoms with Crippen LogP contribution in [0.25, 0.3) is 0 Å². The van der Waals surface area contributed by atoms with Crippen LogP contribution in [0.15, 0.2) is 47.5 Å². The first kappa shape index (κ1) is 19.9. The maximum Gasteiger partial charge on any atom is 0.191 e. The van der Waals surface area contributed by atoms with Crippen LogP contribution < -0.4 is 24.8 Å². The van der Waals surface area contributed by atoms with Gasteiger partial charge in [0.05, 0.1) is 33.4 Å². The predicted molar refractivity (Wildman–Crippen MR) is 112 cm³/mol. The van der Waals surface area contributed by atoms with Crippen molar-refractivity contribution < 1.29 is 14.2 Å². The van der Waals surface area contributed by atoms with Gasteiger partial charge in [-0.25, -0.2) is 0 Å². The van der Waals surface area contributed by atoms with Crippen LogP contribution in [0.3, 0.4) is 0 Å². The molecule has 1 aliphatic rings. The van der Waals surface area contributed by atoms with Gasteiger partial charge in [-0.2, -0.15) is 0 Å². The summed E-state index contributed by atoms with van der Waals surface area (Å²) in [6.07, 6.45) is 2.39. The average Bonchev–Trinajstić information content (AvgIpc) is 3.55. The van der Waals surface area contributed by atoms with Crippen molar-refractivity contribution in [3.05, 3.63) is 53.6 Å². The Bertz CT molecular complexity index is 792. The number of hydrogen-bond acceptors (Lipinski definition) is 4. The second-order valence-electron chi connectivity index (χ2n) is 6.94. The molecule has 0 aliphatic heterocycles. The third-order valence-corrected chi connectivity index (χ3v) is 5.31. The van der Waals surface area contributed by atoms with E-state index in [0.29, 0.717) is 23.8 Å². The zero-order valence-corrected chi connectivity index (χ0v) is 17.0. The second kappa shape index (κ2) is 8.87. The monoisotopic (exact) mass is 383 g/mol. The van der Waals surface area contributed by atoms with Gasteiger partial charge in [-0.05, 0) is 18.4 Å². The Morgan fingerprint density at radius 3 is 2.11 bits per heavy atom. The Balaban J connectivity index is 1.65. The Labute approximate surface area is 166 Å². The highest BCUT2D eigenvalue weighted by Crippen LogP contribution is 2.47. The van der Waals surface area contributed by atoms with Crippen LogP contribution in [0, 0.1) is 0 Å². The second-order valence-corrected chi connectivity index (χ2v) is 6.94. The highest BCUT2D eigenvalue weighted by Gasteiger charge is 2.44. The van der Waals surface area contributed by atoms with E-state index < -0.39 is 0 Å². The van der Waals surface area contributed by atoms with Gasteiger partial charge in [0.25, 0.3) is 0 Å².